The number of nitrogens with two attached hydrogens (primary N) is 1. The number of nitrogens with zero attached hydrogens (tertiary/aromatic N) is 1. The number of hydrogen-bond donors (Lipinski definition) is 2. The van der Waals surface area contributed by atoms with Gasteiger partial charge in [0.2, 0.25) is 0 Å². The second-order valence-corrected chi connectivity index (χ2v) is 4.63. The number of thioether (sulfide) groups is 1. The van der Waals surface area contributed by atoms with Gasteiger partial charge in [-0.1, -0.05) is 12.1 Å². The molecule has 0 aromatic rings. The van der Waals surface area contributed by atoms with E-state index in [1.54, 1.807) is 11.8 Å². The lowest BCUT2D eigenvalue weighted by Gasteiger charge is -2.15. The molecule has 2 atom stereocenters. The zero-order valence-electron chi connectivity index (χ0n) is 8.48. The van der Waals surface area contributed by atoms with Gasteiger partial charge in [0, 0.05) is 12.4 Å². The molecule has 0 spiro atoms. The average Bonchev–Trinajstić information content (AvgIpc) is 2.71. The maximum atomic E-state index is 8.55. The molecule has 0 radical (unpaired) electrons. The molecule has 1 fully saturated rings. The van der Waals surface area contributed by atoms with Gasteiger partial charge in [-0.2, -0.15) is 0 Å². The van der Waals surface area contributed by atoms with Gasteiger partial charge in [0.05, 0.1) is 11.4 Å². The fourth-order valence-electron chi connectivity index (χ4n) is 1.48. The molecule has 5 heteroatoms. The Morgan fingerprint density at radius 1 is 1.79 bits per heavy atom. The Morgan fingerprint density at radius 3 is 3.07 bits per heavy atom. The summed E-state index contributed by atoms with van der Waals surface area (Å²) in [6.45, 7) is 2.91. The minimum Gasteiger partial charge on any atom is -0.409 e. The highest BCUT2D eigenvalue weighted by Gasteiger charge is 2.19. The summed E-state index contributed by atoms with van der Waals surface area (Å²) in [7, 11) is 0. The molecule has 0 aromatic carbocycles. The number of hydrogen-bond acceptors (Lipinski definition) is 4. The molecule has 82 valence electrons. The van der Waals surface area contributed by atoms with E-state index in [1.165, 1.54) is 0 Å². The van der Waals surface area contributed by atoms with Crippen molar-refractivity contribution >= 4 is 17.6 Å². The predicted molar refractivity (Wildman–Crippen MR) is 58.9 cm³/mol. The Morgan fingerprint density at radius 2 is 2.57 bits per heavy atom. The molecule has 0 bridgehead atoms. The van der Waals surface area contributed by atoms with E-state index in [0.29, 0.717) is 11.9 Å². The number of oxime groups is 1. The van der Waals surface area contributed by atoms with Gasteiger partial charge < -0.3 is 15.7 Å². The van der Waals surface area contributed by atoms with E-state index in [4.69, 9.17) is 15.7 Å². The van der Waals surface area contributed by atoms with E-state index in [1.807, 2.05) is 6.92 Å². The van der Waals surface area contributed by atoms with Crippen LogP contribution in [-0.4, -0.2) is 34.8 Å². The smallest absolute Gasteiger partial charge is 0.152 e. The van der Waals surface area contributed by atoms with Gasteiger partial charge >= 0.3 is 0 Å². The SMILES string of the molecule is CCC(SCC1CCCO1)C(N)=NO. The molecule has 1 rings (SSSR count). The summed E-state index contributed by atoms with van der Waals surface area (Å²) in [5.74, 6) is 1.25. The van der Waals surface area contributed by atoms with Crippen LogP contribution in [0.5, 0.6) is 0 Å². The molecule has 4 nitrogen and oxygen atoms in total. The largest absolute Gasteiger partial charge is 0.409 e. The lowest BCUT2D eigenvalue weighted by molar-refractivity contribution is 0.129. The normalized spacial score (nSPS) is 25.2. The number of rotatable bonds is 5. The number of ether oxygens (including phenoxy) is 1. The quantitative estimate of drug-likeness (QED) is 0.317. The van der Waals surface area contributed by atoms with Gasteiger partial charge in [0.25, 0.3) is 0 Å². The Bertz CT molecular complexity index is 193. The highest BCUT2D eigenvalue weighted by molar-refractivity contribution is 8.00. The molecule has 0 amide bonds. The maximum Gasteiger partial charge on any atom is 0.152 e. The van der Waals surface area contributed by atoms with E-state index >= 15 is 0 Å². The minimum absolute atomic E-state index is 0.115. The van der Waals surface area contributed by atoms with Crippen molar-refractivity contribution in [3.63, 3.8) is 0 Å². The summed E-state index contributed by atoms with van der Waals surface area (Å²) in [5, 5.41) is 11.7. The maximum absolute atomic E-state index is 8.55. The molecule has 1 heterocycles. The van der Waals surface area contributed by atoms with Crippen LogP contribution in [0.4, 0.5) is 0 Å². The van der Waals surface area contributed by atoms with Crippen LogP contribution in [0.2, 0.25) is 0 Å². The van der Waals surface area contributed by atoms with Crippen molar-refractivity contribution in [3.8, 4) is 0 Å². The topological polar surface area (TPSA) is 67.8 Å². The Hall–Kier alpha value is -0.420. The molecule has 14 heavy (non-hydrogen) atoms. The summed E-state index contributed by atoms with van der Waals surface area (Å²) in [4.78, 5) is 0. The van der Waals surface area contributed by atoms with Crippen LogP contribution in [0.1, 0.15) is 26.2 Å². The molecular weight excluding hydrogens is 200 g/mol. The number of amidine groups is 1. The fraction of sp³-hybridized carbons (Fsp3) is 0.889. The summed E-state index contributed by atoms with van der Waals surface area (Å²) < 4.78 is 5.50. The third-order valence-corrected chi connectivity index (χ3v) is 3.86. The molecule has 1 aliphatic rings. The van der Waals surface area contributed by atoms with Crippen LogP contribution in [0.3, 0.4) is 0 Å². The molecule has 0 aliphatic carbocycles. The summed E-state index contributed by atoms with van der Waals surface area (Å²) in [6, 6.07) is 0. The Labute approximate surface area is 88.9 Å². The van der Waals surface area contributed by atoms with Gasteiger partial charge in [-0.05, 0) is 19.3 Å². The molecule has 1 saturated heterocycles. The van der Waals surface area contributed by atoms with Crippen LogP contribution < -0.4 is 5.73 Å². The first kappa shape index (κ1) is 11.7. The summed E-state index contributed by atoms with van der Waals surface area (Å²) in [5.41, 5.74) is 5.55. The van der Waals surface area contributed by atoms with E-state index in [2.05, 4.69) is 5.16 Å². The van der Waals surface area contributed by atoms with Crippen molar-refractivity contribution in [2.24, 2.45) is 10.9 Å². The van der Waals surface area contributed by atoms with Gasteiger partial charge in [0.1, 0.15) is 0 Å². The van der Waals surface area contributed by atoms with Crippen molar-refractivity contribution in [1.29, 1.82) is 0 Å². The van der Waals surface area contributed by atoms with Crippen LogP contribution >= 0.6 is 11.8 Å². The van der Waals surface area contributed by atoms with E-state index in [9.17, 15) is 0 Å². The zero-order valence-corrected chi connectivity index (χ0v) is 9.30. The highest BCUT2D eigenvalue weighted by atomic mass is 32.2. The highest BCUT2D eigenvalue weighted by Crippen LogP contribution is 2.21. The fourth-order valence-corrected chi connectivity index (χ4v) is 2.64. The lowest BCUT2D eigenvalue weighted by Crippen LogP contribution is -2.27. The molecule has 2 unspecified atom stereocenters. The third-order valence-electron chi connectivity index (χ3n) is 2.32. The molecule has 3 N–H and O–H groups in total. The Balaban J connectivity index is 2.26. The van der Waals surface area contributed by atoms with Crippen LogP contribution in [-0.2, 0) is 4.74 Å². The van der Waals surface area contributed by atoms with Crippen molar-refractivity contribution in [1.82, 2.24) is 0 Å². The lowest BCUT2D eigenvalue weighted by atomic mass is 10.3. The first-order valence-electron chi connectivity index (χ1n) is 4.98. The van der Waals surface area contributed by atoms with Crippen molar-refractivity contribution < 1.29 is 9.94 Å². The second-order valence-electron chi connectivity index (χ2n) is 3.39. The second kappa shape index (κ2) is 6.14. The van der Waals surface area contributed by atoms with Crippen molar-refractivity contribution in [3.05, 3.63) is 0 Å². The summed E-state index contributed by atoms with van der Waals surface area (Å²) in [6.07, 6.45) is 3.54. The molecule has 1 aliphatic heterocycles. The van der Waals surface area contributed by atoms with E-state index in [0.717, 1.165) is 31.6 Å². The zero-order chi connectivity index (χ0) is 10.4. The van der Waals surface area contributed by atoms with Crippen LogP contribution in [0.25, 0.3) is 0 Å². The van der Waals surface area contributed by atoms with Crippen LogP contribution in [0, 0.1) is 0 Å². The predicted octanol–water partition coefficient (Wildman–Crippen LogP) is 1.42. The molecule has 0 aromatic heterocycles. The van der Waals surface area contributed by atoms with Gasteiger partial charge in [-0.3, -0.25) is 0 Å². The minimum atomic E-state index is 0.115. The molecule has 0 saturated carbocycles. The standard InChI is InChI=1S/C9H18N2O2S/c1-2-8(9(10)11-12)14-6-7-4-3-5-13-7/h7-8,12H,2-6H2,1H3,(H2,10,11). The van der Waals surface area contributed by atoms with E-state index in [-0.39, 0.29) is 5.25 Å². The van der Waals surface area contributed by atoms with Crippen LogP contribution in [0.15, 0.2) is 5.16 Å². The first-order valence-corrected chi connectivity index (χ1v) is 6.03. The van der Waals surface area contributed by atoms with Crippen molar-refractivity contribution in [2.45, 2.75) is 37.5 Å². The molecular formula is C9H18N2O2S. The van der Waals surface area contributed by atoms with Crippen molar-refractivity contribution in [2.75, 3.05) is 12.4 Å². The van der Waals surface area contributed by atoms with Gasteiger partial charge in [-0.15, -0.1) is 11.8 Å². The third kappa shape index (κ3) is 3.38. The monoisotopic (exact) mass is 218 g/mol. The Kier molecular flexibility index (Phi) is 5.11. The van der Waals surface area contributed by atoms with E-state index < -0.39 is 0 Å². The summed E-state index contributed by atoms with van der Waals surface area (Å²) >= 11 is 1.71. The van der Waals surface area contributed by atoms with Gasteiger partial charge in [0.15, 0.2) is 5.84 Å². The first-order chi connectivity index (χ1) is 6.77. The van der Waals surface area contributed by atoms with Gasteiger partial charge in [-0.25, -0.2) is 0 Å². The average molecular weight is 218 g/mol.